The first kappa shape index (κ1) is 14.0. The van der Waals surface area contributed by atoms with Gasteiger partial charge in [0.15, 0.2) is 0 Å². The fourth-order valence-electron chi connectivity index (χ4n) is 2.18. The molecular formula is C12H21NO4. The van der Waals surface area contributed by atoms with Crippen molar-refractivity contribution in [2.75, 3.05) is 13.2 Å². The van der Waals surface area contributed by atoms with Crippen LogP contribution in [0, 0.1) is 0 Å². The van der Waals surface area contributed by atoms with Crippen LogP contribution in [-0.2, 0) is 14.3 Å². The Kier molecular flexibility index (Phi) is 5.41. The van der Waals surface area contributed by atoms with Crippen molar-refractivity contribution in [3.8, 4) is 0 Å². The molecule has 0 radical (unpaired) electrons. The molecule has 0 bridgehead atoms. The standard InChI is InChI=1S/C12H21NO4/c1-2-17-11(16)6-5-10(15)13-12(9-14)7-3-4-8-12/h14H,2-9H2,1H3,(H,13,15). The highest BCUT2D eigenvalue weighted by atomic mass is 16.5. The molecule has 2 N–H and O–H groups in total. The zero-order chi connectivity index (χ0) is 12.7. The Balaban J connectivity index is 2.31. The van der Waals surface area contributed by atoms with Gasteiger partial charge in [0.05, 0.1) is 25.2 Å². The van der Waals surface area contributed by atoms with Crippen LogP contribution in [-0.4, -0.2) is 35.7 Å². The molecule has 0 aromatic rings. The molecular weight excluding hydrogens is 222 g/mol. The summed E-state index contributed by atoms with van der Waals surface area (Å²) in [5, 5.41) is 12.2. The first-order chi connectivity index (χ1) is 8.12. The molecule has 1 amide bonds. The van der Waals surface area contributed by atoms with Crippen LogP contribution in [0.15, 0.2) is 0 Å². The van der Waals surface area contributed by atoms with E-state index in [-0.39, 0.29) is 31.3 Å². The second kappa shape index (κ2) is 6.59. The van der Waals surface area contributed by atoms with E-state index >= 15 is 0 Å². The molecule has 0 heterocycles. The van der Waals surface area contributed by atoms with Gasteiger partial charge in [0.1, 0.15) is 0 Å². The Labute approximate surface area is 102 Å². The molecule has 1 aliphatic carbocycles. The number of aliphatic hydroxyl groups excluding tert-OH is 1. The van der Waals surface area contributed by atoms with Gasteiger partial charge in [-0.2, -0.15) is 0 Å². The lowest BCUT2D eigenvalue weighted by molar-refractivity contribution is -0.144. The molecule has 0 atom stereocenters. The molecule has 98 valence electrons. The Hall–Kier alpha value is -1.10. The van der Waals surface area contributed by atoms with Crippen molar-refractivity contribution in [2.24, 2.45) is 0 Å². The number of nitrogens with one attached hydrogen (secondary N) is 1. The van der Waals surface area contributed by atoms with Crippen molar-refractivity contribution in [3.05, 3.63) is 0 Å². The summed E-state index contributed by atoms with van der Waals surface area (Å²) < 4.78 is 4.75. The number of hydrogen-bond acceptors (Lipinski definition) is 4. The third kappa shape index (κ3) is 4.34. The van der Waals surface area contributed by atoms with E-state index in [4.69, 9.17) is 4.74 Å². The summed E-state index contributed by atoms with van der Waals surface area (Å²) in [6.07, 6.45) is 3.91. The number of hydrogen-bond donors (Lipinski definition) is 2. The molecule has 0 aromatic carbocycles. The zero-order valence-corrected chi connectivity index (χ0v) is 10.3. The predicted molar refractivity (Wildman–Crippen MR) is 62.3 cm³/mol. The maximum absolute atomic E-state index is 11.6. The fourth-order valence-corrected chi connectivity index (χ4v) is 2.18. The molecule has 0 spiro atoms. The van der Waals surface area contributed by atoms with Crippen molar-refractivity contribution < 1.29 is 19.4 Å². The number of aliphatic hydroxyl groups is 1. The monoisotopic (exact) mass is 243 g/mol. The molecule has 17 heavy (non-hydrogen) atoms. The third-order valence-corrected chi connectivity index (χ3v) is 3.13. The molecule has 0 saturated heterocycles. The highest BCUT2D eigenvalue weighted by Gasteiger charge is 2.34. The van der Waals surface area contributed by atoms with E-state index in [0.29, 0.717) is 6.61 Å². The maximum Gasteiger partial charge on any atom is 0.306 e. The first-order valence-electron chi connectivity index (χ1n) is 6.19. The van der Waals surface area contributed by atoms with Gasteiger partial charge >= 0.3 is 5.97 Å². The first-order valence-corrected chi connectivity index (χ1v) is 6.19. The number of amides is 1. The molecule has 0 unspecified atom stereocenters. The molecule has 1 fully saturated rings. The molecule has 1 saturated carbocycles. The maximum atomic E-state index is 11.6. The highest BCUT2D eigenvalue weighted by molar-refractivity contribution is 5.81. The van der Waals surface area contributed by atoms with Gasteiger partial charge in [-0.1, -0.05) is 12.8 Å². The molecule has 1 aliphatic rings. The molecule has 5 heteroatoms. The minimum atomic E-state index is -0.453. The zero-order valence-electron chi connectivity index (χ0n) is 10.3. The summed E-state index contributed by atoms with van der Waals surface area (Å²) >= 11 is 0. The quantitative estimate of drug-likeness (QED) is 0.675. The van der Waals surface area contributed by atoms with E-state index in [1.165, 1.54) is 0 Å². The number of carbonyl (C=O) groups is 2. The highest BCUT2D eigenvalue weighted by Crippen LogP contribution is 2.29. The van der Waals surface area contributed by atoms with Crippen LogP contribution in [0.25, 0.3) is 0 Å². The second-order valence-electron chi connectivity index (χ2n) is 4.50. The molecule has 0 aliphatic heterocycles. The Morgan fingerprint density at radius 2 is 1.94 bits per heavy atom. The average Bonchev–Trinajstić information content (AvgIpc) is 2.76. The number of rotatable bonds is 6. The van der Waals surface area contributed by atoms with Gasteiger partial charge < -0.3 is 15.2 Å². The van der Waals surface area contributed by atoms with E-state index in [9.17, 15) is 14.7 Å². The lowest BCUT2D eigenvalue weighted by Gasteiger charge is -2.27. The lowest BCUT2D eigenvalue weighted by atomic mass is 9.98. The molecule has 5 nitrogen and oxygen atoms in total. The van der Waals surface area contributed by atoms with Gasteiger partial charge in [-0.3, -0.25) is 9.59 Å². The third-order valence-electron chi connectivity index (χ3n) is 3.13. The molecule has 0 aromatic heterocycles. The predicted octanol–water partition coefficient (Wildman–Crippen LogP) is 0.751. The van der Waals surface area contributed by atoms with Crippen molar-refractivity contribution in [1.82, 2.24) is 5.32 Å². The smallest absolute Gasteiger partial charge is 0.306 e. The van der Waals surface area contributed by atoms with E-state index in [0.717, 1.165) is 25.7 Å². The minimum absolute atomic E-state index is 0.0296. The number of esters is 1. The summed E-state index contributed by atoms with van der Waals surface area (Å²) in [7, 11) is 0. The van der Waals surface area contributed by atoms with Crippen LogP contribution in [0.5, 0.6) is 0 Å². The van der Waals surface area contributed by atoms with Gasteiger partial charge in [-0.15, -0.1) is 0 Å². The summed E-state index contributed by atoms with van der Waals surface area (Å²) in [5.41, 5.74) is -0.453. The molecule has 1 rings (SSSR count). The Morgan fingerprint density at radius 3 is 2.47 bits per heavy atom. The van der Waals surface area contributed by atoms with Gasteiger partial charge in [-0.05, 0) is 19.8 Å². The van der Waals surface area contributed by atoms with Crippen LogP contribution in [0.4, 0.5) is 0 Å². The van der Waals surface area contributed by atoms with E-state index in [1.807, 2.05) is 0 Å². The fraction of sp³-hybridized carbons (Fsp3) is 0.833. The van der Waals surface area contributed by atoms with Crippen LogP contribution < -0.4 is 5.32 Å². The van der Waals surface area contributed by atoms with Crippen molar-refractivity contribution >= 4 is 11.9 Å². The van der Waals surface area contributed by atoms with Crippen molar-refractivity contribution in [3.63, 3.8) is 0 Å². The van der Waals surface area contributed by atoms with Crippen molar-refractivity contribution in [1.29, 1.82) is 0 Å². The average molecular weight is 243 g/mol. The summed E-state index contributed by atoms with van der Waals surface area (Å²) in [5.74, 6) is -0.541. The summed E-state index contributed by atoms with van der Waals surface area (Å²) in [6.45, 7) is 2.04. The summed E-state index contributed by atoms with van der Waals surface area (Å²) in [6, 6.07) is 0. The van der Waals surface area contributed by atoms with Gasteiger partial charge in [0.2, 0.25) is 5.91 Å². The SMILES string of the molecule is CCOC(=O)CCC(=O)NC1(CO)CCCC1. The Morgan fingerprint density at radius 1 is 1.29 bits per heavy atom. The van der Waals surface area contributed by atoms with E-state index in [1.54, 1.807) is 6.92 Å². The second-order valence-corrected chi connectivity index (χ2v) is 4.50. The lowest BCUT2D eigenvalue weighted by Crippen LogP contribution is -2.49. The van der Waals surface area contributed by atoms with E-state index < -0.39 is 5.54 Å². The van der Waals surface area contributed by atoms with Gasteiger partial charge in [-0.25, -0.2) is 0 Å². The number of carbonyl (C=O) groups excluding carboxylic acids is 2. The largest absolute Gasteiger partial charge is 0.466 e. The topological polar surface area (TPSA) is 75.6 Å². The normalized spacial score (nSPS) is 17.8. The van der Waals surface area contributed by atoms with Gasteiger partial charge in [0.25, 0.3) is 0 Å². The van der Waals surface area contributed by atoms with E-state index in [2.05, 4.69) is 5.32 Å². The number of ether oxygens (including phenoxy) is 1. The van der Waals surface area contributed by atoms with Crippen LogP contribution in [0.1, 0.15) is 45.4 Å². The summed E-state index contributed by atoms with van der Waals surface area (Å²) in [4.78, 5) is 22.7. The van der Waals surface area contributed by atoms with Crippen LogP contribution in [0.2, 0.25) is 0 Å². The van der Waals surface area contributed by atoms with Gasteiger partial charge in [0, 0.05) is 6.42 Å². The van der Waals surface area contributed by atoms with Crippen LogP contribution in [0.3, 0.4) is 0 Å². The Bertz CT molecular complexity index is 272. The van der Waals surface area contributed by atoms with Crippen LogP contribution >= 0.6 is 0 Å². The van der Waals surface area contributed by atoms with Crippen molar-refractivity contribution in [2.45, 2.75) is 51.0 Å². The minimum Gasteiger partial charge on any atom is -0.466 e.